The molecule has 2 aliphatic rings. The van der Waals surface area contributed by atoms with Gasteiger partial charge in [0.05, 0.1) is 39.1 Å². The molecule has 2 aliphatic heterocycles. The Bertz CT molecular complexity index is 135. The first-order valence-corrected chi connectivity index (χ1v) is 4.10. The highest BCUT2D eigenvalue weighted by molar-refractivity contribution is 4.75. The molecule has 2 rings (SSSR count). The average molecular weight is 159 g/mol. The number of rotatable bonds is 0. The summed E-state index contributed by atoms with van der Waals surface area (Å²) < 4.78 is 10.9. The molecule has 64 valence electrons. The maximum atomic E-state index is 10.9. The molecule has 2 saturated heterocycles. The van der Waals surface area contributed by atoms with E-state index in [1.165, 1.54) is 0 Å². The Labute approximate surface area is 65.7 Å². The van der Waals surface area contributed by atoms with Gasteiger partial charge in [0.25, 0.3) is 0 Å². The van der Waals surface area contributed by atoms with E-state index in [1.54, 1.807) is 0 Å². The van der Waals surface area contributed by atoms with Crippen molar-refractivity contribution in [3.8, 4) is 0 Å². The molecule has 0 aromatic heterocycles. The molecule has 1 N–H and O–H groups in total. The summed E-state index contributed by atoms with van der Waals surface area (Å²) in [5.74, 6) is -0.367. The van der Waals surface area contributed by atoms with E-state index in [2.05, 4.69) is 0 Å². The fourth-order valence-electron chi connectivity index (χ4n) is 1.70. The summed E-state index contributed by atoms with van der Waals surface area (Å²) in [7, 11) is 0. The van der Waals surface area contributed by atoms with Crippen LogP contribution in [0.5, 0.6) is 0 Å². The van der Waals surface area contributed by atoms with Crippen LogP contribution in [0.2, 0.25) is 0 Å². The van der Waals surface area contributed by atoms with E-state index < -0.39 is 0 Å². The van der Waals surface area contributed by atoms with Gasteiger partial charge in [0.15, 0.2) is 5.79 Å². The summed E-state index contributed by atoms with van der Waals surface area (Å²) in [6.45, 7) is 2.63. The average Bonchev–Trinajstić information content (AvgIpc) is 2.45. The van der Waals surface area contributed by atoms with Gasteiger partial charge in [0, 0.05) is 0 Å². The number of hydrogen-bond acceptors (Lipinski definition) is 3. The van der Waals surface area contributed by atoms with Crippen LogP contribution in [-0.4, -0.2) is 32.1 Å². The highest BCUT2D eigenvalue weighted by Gasteiger charge is 2.40. The van der Waals surface area contributed by atoms with Gasteiger partial charge in [-0.1, -0.05) is 0 Å². The monoisotopic (exact) mass is 159 g/mol. The first-order chi connectivity index (χ1) is 5.31. The lowest BCUT2D eigenvalue weighted by Crippen LogP contribution is -3.09. The van der Waals surface area contributed by atoms with E-state index in [0.29, 0.717) is 31.4 Å². The van der Waals surface area contributed by atoms with E-state index in [1.807, 2.05) is 0 Å². The molecule has 0 amide bonds. The summed E-state index contributed by atoms with van der Waals surface area (Å²) in [4.78, 5) is 0. The van der Waals surface area contributed by atoms with Crippen LogP contribution in [-0.2, 0) is 9.47 Å². The molecule has 2 heterocycles. The maximum absolute atomic E-state index is 10.9. The lowest BCUT2D eigenvalue weighted by atomic mass is 10.1. The summed E-state index contributed by atoms with van der Waals surface area (Å²) in [5, 5.41) is 11.2. The number of piperidine rings is 1. The first-order valence-electron chi connectivity index (χ1n) is 4.10. The highest BCUT2D eigenvalue weighted by Crippen LogP contribution is 2.27. The van der Waals surface area contributed by atoms with E-state index in [0.717, 1.165) is 12.8 Å². The zero-order valence-corrected chi connectivity index (χ0v) is 6.47. The Morgan fingerprint density at radius 3 is 2.18 bits per heavy atom. The molecule has 11 heavy (non-hydrogen) atoms. The van der Waals surface area contributed by atoms with Crippen molar-refractivity contribution < 1.29 is 14.5 Å². The zero-order valence-electron chi connectivity index (χ0n) is 6.47. The Hall–Kier alpha value is -0.160. The van der Waals surface area contributed by atoms with Gasteiger partial charge < -0.3 is 19.7 Å². The molecule has 0 radical (unpaired) electrons. The van der Waals surface area contributed by atoms with E-state index in [-0.39, 0.29) is 5.79 Å². The molecule has 4 heteroatoms. The third-order valence-electron chi connectivity index (χ3n) is 2.38. The van der Waals surface area contributed by atoms with Crippen LogP contribution in [0.25, 0.3) is 0 Å². The van der Waals surface area contributed by atoms with Gasteiger partial charge in [-0.15, -0.1) is 0 Å². The summed E-state index contributed by atoms with van der Waals surface area (Å²) in [5.41, 5.74) is 0. The molecule has 0 atom stereocenters. The van der Waals surface area contributed by atoms with Gasteiger partial charge in [-0.25, -0.2) is 0 Å². The molecule has 0 aliphatic carbocycles. The van der Waals surface area contributed by atoms with Crippen LogP contribution < -0.4 is 5.06 Å². The van der Waals surface area contributed by atoms with Gasteiger partial charge in [-0.05, 0) is 0 Å². The predicted molar refractivity (Wildman–Crippen MR) is 37.9 cm³/mol. The van der Waals surface area contributed by atoms with Crippen molar-refractivity contribution in [3.05, 3.63) is 5.21 Å². The molecular weight excluding hydrogens is 146 g/mol. The number of nitrogens with one attached hydrogen (secondary N) is 1. The molecule has 2 fully saturated rings. The molecule has 4 nitrogen and oxygen atoms in total. The van der Waals surface area contributed by atoms with Crippen molar-refractivity contribution in [2.45, 2.75) is 18.6 Å². The Morgan fingerprint density at radius 1 is 1.09 bits per heavy atom. The SMILES string of the molecule is [O-][NH+]1CCC2(CC1)OCCO2. The van der Waals surface area contributed by atoms with E-state index in [4.69, 9.17) is 9.47 Å². The second-order valence-electron chi connectivity index (χ2n) is 3.15. The second-order valence-corrected chi connectivity index (χ2v) is 3.15. The molecule has 0 unspecified atom stereocenters. The fraction of sp³-hybridized carbons (Fsp3) is 1.00. The third kappa shape index (κ3) is 1.39. The maximum Gasteiger partial charge on any atom is 0.179 e. The van der Waals surface area contributed by atoms with Crippen molar-refractivity contribution in [1.29, 1.82) is 0 Å². The normalized spacial score (nSPS) is 31.4. The molecule has 1 spiro atoms. The first kappa shape index (κ1) is 7.49. The summed E-state index contributed by atoms with van der Waals surface area (Å²) >= 11 is 0. The van der Waals surface area contributed by atoms with Crippen LogP contribution >= 0.6 is 0 Å². The molecule has 0 aromatic rings. The Kier molecular flexibility index (Phi) is 1.85. The largest absolute Gasteiger partial charge is 0.634 e. The molecule has 0 bridgehead atoms. The van der Waals surface area contributed by atoms with Crippen molar-refractivity contribution >= 4 is 0 Å². The smallest absolute Gasteiger partial charge is 0.179 e. The van der Waals surface area contributed by atoms with Crippen LogP contribution in [0.1, 0.15) is 12.8 Å². The molecule has 0 saturated carbocycles. The van der Waals surface area contributed by atoms with Crippen LogP contribution in [0.4, 0.5) is 0 Å². The Balaban J connectivity index is 1.94. The van der Waals surface area contributed by atoms with Gasteiger partial charge >= 0.3 is 0 Å². The van der Waals surface area contributed by atoms with Gasteiger partial charge in [-0.3, -0.25) is 0 Å². The van der Waals surface area contributed by atoms with Crippen molar-refractivity contribution in [2.24, 2.45) is 0 Å². The van der Waals surface area contributed by atoms with Gasteiger partial charge in [0.2, 0.25) is 0 Å². The molecular formula is C7H13NO3. The quantitative estimate of drug-likeness (QED) is 0.457. The van der Waals surface area contributed by atoms with Crippen LogP contribution in [0.15, 0.2) is 0 Å². The standard InChI is InChI=1S/C7H13NO3/c9-8-3-1-7(2-4-8)10-5-6-11-7/h8H,1-6H2. The number of hydrogen-bond donors (Lipinski definition) is 1. The number of hydroxylamine groups is 2. The second kappa shape index (κ2) is 2.71. The van der Waals surface area contributed by atoms with Gasteiger partial charge in [0.1, 0.15) is 0 Å². The van der Waals surface area contributed by atoms with E-state index >= 15 is 0 Å². The lowest BCUT2D eigenvalue weighted by Gasteiger charge is -2.36. The fourth-order valence-corrected chi connectivity index (χ4v) is 1.70. The predicted octanol–water partition coefficient (Wildman–Crippen LogP) is -1.09. The highest BCUT2D eigenvalue weighted by atomic mass is 16.7. The van der Waals surface area contributed by atoms with Gasteiger partial charge in [-0.2, -0.15) is 0 Å². The topological polar surface area (TPSA) is 46.0 Å². The number of quaternary nitrogens is 1. The number of ether oxygens (including phenoxy) is 2. The Morgan fingerprint density at radius 2 is 1.64 bits per heavy atom. The summed E-state index contributed by atoms with van der Waals surface area (Å²) in [6, 6.07) is 0. The van der Waals surface area contributed by atoms with Crippen molar-refractivity contribution in [3.63, 3.8) is 0 Å². The summed E-state index contributed by atoms with van der Waals surface area (Å²) in [6.07, 6.45) is 1.51. The third-order valence-corrected chi connectivity index (χ3v) is 2.38. The zero-order chi connectivity index (χ0) is 7.73. The minimum atomic E-state index is -0.367. The van der Waals surface area contributed by atoms with Crippen LogP contribution in [0, 0.1) is 5.21 Å². The minimum Gasteiger partial charge on any atom is -0.634 e. The minimum absolute atomic E-state index is 0.342. The van der Waals surface area contributed by atoms with Crippen molar-refractivity contribution in [2.75, 3.05) is 26.3 Å². The van der Waals surface area contributed by atoms with E-state index in [9.17, 15) is 5.21 Å². The lowest BCUT2D eigenvalue weighted by molar-refractivity contribution is -0.858. The van der Waals surface area contributed by atoms with Crippen LogP contribution in [0.3, 0.4) is 0 Å². The van der Waals surface area contributed by atoms with Crippen molar-refractivity contribution in [1.82, 2.24) is 0 Å². The molecule has 0 aromatic carbocycles.